The van der Waals surface area contributed by atoms with E-state index >= 15 is 0 Å². The van der Waals surface area contributed by atoms with Crippen molar-refractivity contribution in [2.24, 2.45) is 0 Å². The van der Waals surface area contributed by atoms with Gasteiger partial charge in [-0.1, -0.05) is 115 Å². The van der Waals surface area contributed by atoms with E-state index in [0.29, 0.717) is 0 Å². The summed E-state index contributed by atoms with van der Waals surface area (Å²) in [5.74, 6) is 0. The molecule has 0 spiro atoms. The molecule has 0 unspecified atom stereocenters. The van der Waals surface area contributed by atoms with Crippen LogP contribution in [0.3, 0.4) is 0 Å². The van der Waals surface area contributed by atoms with Crippen LogP contribution in [0.5, 0.6) is 0 Å². The Labute approximate surface area is 313 Å². The molecule has 0 atom stereocenters. The molecule has 9 aromatic carbocycles. The molecule has 54 heavy (non-hydrogen) atoms. The highest BCUT2D eigenvalue weighted by atomic mass is 32.1. The lowest BCUT2D eigenvalue weighted by Crippen LogP contribution is -2.11. The van der Waals surface area contributed by atoms with E-state index < -0.39 is 0 Å². The maximum absolute atomic E-state index is 6.74. The third-order valence-electron chi connectivity index (χ3n) is 11.0. The highest BCUT2D eigenvalue weighted by Gasteiger charge is 2.24. The Balaban J connectivity index is 1.15. The molecule has 0 saturated heterocycles. The van der Waals surface area contributed by atoms with E-state index in [-0.39, 0.29) is 0 Å². The zero-order valence-electron chi connectivity index (χ0n) is 28.9. The number of fused-ring (bicyclic) bond motifs is 13. The van der Waals surface area contributed by atoms with Crippen LogP contribution in [0.1, 0.15) is 0 Å². The lowest BCUT2D eigenvalue weighted by atomic mass is 9.97. The molecular weight excluding hydrogens is 679 g/mol. The standard InChI is InChI=1S/C50H29NO2S/c1-3-15-35-30(11-1)25-27-38-46-34(18-8-21-42(46)52-49(35)38)32-13-7-14-33(29-32)51(41-20-10-24-45-48(41)37-17-5-6-23-44(37)54-45)40-19-9-22-43-47(40)39-28-26-31-12-2-4-16-36(31)50(39)53-43/h1-29H. The predicted molar refractivity (Wildman–Crippen MR) is 229 cm³/mol. The van der Waals surface area contributed by atoms with Crippen molar-refractivity contribution in [3.8, 4) is 11.1 Å². The maximum Gasteiger partial charge on any atom is 0.143 e. The minimum Gasteiger partial charge on any atom is -0.455 e. The fraction of sp³-hybridized carbons (Fsp3) is 0. The second-order valence-corrected chi connectivity index (χ2v) is 15.1. The molecule has 3 heterocycles. The summed E-state index contributed by atoms with van der Waals surface area (Å²) in [6.07, 6.45) is 0. The number of anilines is 3. The van der Waals surface area contributed by atoms with Crippen LogP contribution in [0.4, 0.5) is 17.1 Å². The van der Waals surface area contributed by atoms with Gasteiger partial charge in [-0.15, -0.1) is 11.3 Å². The molecule has 0 aliphatic rings. The quantitative estimate of drug-likeness (QED) is 0.182. The molecule has 12 rings (SSSR count). The molecule has 12 aromatic rings. The van der Waals surface area contributed by atoms with E-state index in [1.807, 2.05) is 11.3 Å². The Hall–Kier alpha value is -6.88. The number of rotatable bonds is 4. The summed E-state index contributed by atoms with van der Waals surface area (Å²) < 4.78 is 15.9. The number of thiophene rings is 1. The summed E-state index contributed by atoms with van der Waals surface area (Å²) in [5.41, 5.74) is 9.11. The monoisotopic (exact) mass is 707 g/mol. The Bertz CT molecular complexity index is 3470. The SMILES string of the molecule is c1cc(-c2cccc3oc4c5ccccc5ccc4c23)cc(N(c2cccc3oc4c5ccccc5ccc4c23)c2cccc3sc4ccccc4c23)c1. The van der Waals surface area contributed by atoms with Crippen LogP contribution in [-0.4, -0.2) is 0 Å². The maximum atomic E-state index is 6.74. The van der Waals surface area contributed by atoms with Gasteiger partial charge in [0.15, 0.2) is 0 Å². The van der Waals surface area contributed by atoms with Crippen molar-refractivity contribution in [1.29, 1.82) is 0 Å². The Morgan fingerprint density at radius 2 is 0.963 bits per heavy atom. The normalized spacial score (nSPS) is 12.1. The molecule has 4 heteroatoms. The minimum atomic E-state index is 0.865. The number of hydrogen-bond acceptors (Lipinski definition) is 4. The van der Waals surface area contributed by atoms with Crippen molar-refractivity contribution in [3.05, 3.63) is 176 Å². The van der Waals surface area contributed by atoms with Gasteiger partial charge >= 0.3 is 0 Å². The first-order chi connectivity index (χ1) is 26.8. The number of furan rings is 2. The average Bonchev–Trinajstić information content (AvgIpc) is 3.93. The van der Waals surface area contributed by atoms with Gasteiger partial charge in [-0.25, -0.2) is 0 Å². The van der Waals surface area contributed by atoms with E-state index in [9.17, 15) is 0 Å². The lowest BCUT2D eigenvalue weighted by molar-refractivity contribution is 0.672. The van der Waals surface area contributed by atoms with Gasteiger partial charge in [-0.05, 0) is 82.6 Å². The molecule has 0 saturated carbocycles. The first-order valence-electron chi connectivity index (χ1n) is 18.3. The van der Waals surface area contributed by atoms with Crippen molar-refractivity contribution < 1.29 is 8.83 Å². The van der Waals surface area contributed by atoms with Crippen molar-refractivity contribution in [1.82, 2.24) is 0 Å². The van der Waals surface area contributed by atoms with Crippen molar-refractivity contribution in [3.63, 3.8) is 0 Å². The molecule has 0 amide bonds. The van der Waals surface area contributed by atoms with Crippen LogP contribution < -0.4 is 4.90 Å². The molecule has 0 bridgehead atoms. The van der Waals surface area contributed by atoms with Crippen LogP contribution >= 0.6 is 11.3 Å². The molecule has 3 aromatic heterocycles. The Morgan fingerprint density at radius 3 is 1.72 bits per heavy atom. The molecular formula is C50H29NO2S. The van der Waals surface area contributed by atoms with E-state index in [0.717, 1.165) is 82.8 Å². The smallest absolute Gasteiger partial charge is 0.143 e. The third-order valence-corrected chi connectivity index (χ3v) is 12.2. The van der Waals surface area contributed by atoms with Crippen molar-refractivity contribution in [2.45, 2.75) is 0 Å². The van der Waals surface area contributed by atoms with Gasteiger partial charge in [-0.2, -0.15) is 0 Å². The van der Waals surface area contributed by atoms with Gasteiger partial charge in [0.1, 0.15) is 22.3 Å². The molecule has 3 nitrogen and oxygen atoms in total. The Kier molecular flexibility index (Phi) is 6.21. The zero-order chi connectivity index (χ0) is 35.3. The largest absolute Gasteiger partial charge is 0.455 e. The van der Waals surface area contributed by atoms with Gasteiger partial charge < -0.3 is 13.7 Å². The van der Waals surface area contributed by atoms with Gasteiger partial charge in [0, 0.05) is 52.8 Å². The molecule has 0 radical (unpaired) electrons. The zero-order valence-corrected chi connectivity index (χ0v) is 29.7. The molecule has 0 aliphatic carbocycles. The van der Waals surface area contributed by atoms with Crippen LogP contribution in [-0.2, 0) is 0 Å². The third kappa shape index (κ3) is 4.23. The summed E-state index contributed by atoms with van der Waals surface area (Å²) in [6, 6.07) is 63.0. The highest BCUT2D eigenvalue weighted by Crippen LogP contribution is 2.49. The summed E-state index contributed by atoms with van der Waals surface area (Å²) in [5, 5.41) is 11.5. The van der Waals surface area contributed by atoms with Gasteiger partial charge in [0.25, 0.3) is 0 Å². The second kappa shape index (κ2) is 11.3. The van der Waals surface area contributed by atoms with Crippen molar-refractivity contribution in [2.75, 3.05) is 4.90 Å². The topological polar surface area (TPSA) is 29.5 Å². The molecule has 252 valence electrons. The fourth-order valence-corrected chi connectivity index (χ4v) is 9.81. The van der Waals surface area contributed by atoms with Crippen LogP contribution in [0.25, 0.3) is 96.7 Å². The first kappa shape index (κ1) is 29.7. The second-order valence-electron chi connectivity index (χ2n) is 14.0. The van der Waals surface area contributed by atoms with Gasteiger partial charge in [-0.3, -0.25) is 0 Å². The molecule has 0 N–H and O–H groups in total. The summed E-state index contributed by atoms with van der Waals surface area (Å²) >= 11 is 1.84. The predicted octanol–water partition coefficient (Wildman–Crippen LogP) is 15.3. The number of benzene rings is 9. The summed E-state index contributed by atoms with van der Waals surface area (Å²) in [6.45, 7) is 0. The van der Waals surface area contributed by atoms with E-state index in [1.165, 1.54) is 30.9 Å². The van der Waals surface area contributed by atoms with E-state index in [4.69, 9.17) is 8.83 Å². The van der Waals surface area contributed by atoms with Gasteiger partial charge in [0.05, 0.1) is 16.8 Å². The van der Waals surface area contributed by atoms with Crippen LogP contribution in [0.15, 0.2) is 185 Å². The number of nitrogens with zero attached hydrogens (tertiary/aromatic N) is 1. The van der Waals surface area contributed by atoms with Crippen LogP contribution in [0.2, 0.25) is 0 Å². The highest BCUT2D eigenvalue weighted by molar-refractivity contribution is 7.26. The molecule has 0 fully saturated rings. The molecule has 0 aliphatic heterocycles. The summed E-state index contributed by atoms with van der Waals surface area (Å²) in [7, 11) is 0. The number of hydrogen-bond donors (Lipinski definition) is 0. The first-order valence-corrected chi connectivity index (χ1v) is 19.1. The van der Waals surface area contributed by atoms with E-state index in [1.54, 1.807) is 0 Å². The van der Waals surface area contributed by atoms with Crippen molar-refractivity contribution >= 4 is 114 Å². The fourth-order valence-electron chi connectivity index (χ4n) is 8.68. The average molecular weight is 708 g/mol. The van der Waals surface area contributed by atoms with Crippen LogP contribution in [0, 0.1) is 0 Å². The van der Waals surface area contributed by atoms with E-state index in [2.05, 4.69) is 181 Å². The summed E-state index contributed by atoms with van der Waals surface area (Å²) in [4.78, 5) is 2.44. The Morgan fingerprint density at radius 1 is 0.389 bits per heavy atom. The van der Waals surface area contributed by atoms with Gasteiger partial charge in [0.2, 0.25) is 0 Å². The lowest BCUT2D eigenvalue weighted by Gasteiger charge is -2.27. The minimum absolute atomic E-state index is 0.865.